The molecule has 1 aliphatic rings. The van der Waals surface area contributed by atoms with Crippen LogP contribution in [-0.4, -0.2) is 31.7 Å². The maximum absolute atomic E-state index is 13.0. The zero-order chi connectivity index (χ0) is 21.9. The molecule has 30 heavy (non-hydrogen) atoms. The van der Waals surface area contributed by atoms with Crippen LogP contribution in [0.2, 0.25) is 0 Å². The maximum Gasteiger partial charge on any atom is 0.264 e. The Bertz CT molecular complexity index is 1010. The molecule has 1 heterocycles. The average molecular weight is 429 g/mol. The van der Waals surface area contributed by atoms with Crippen molar-refractivity contribution < 1.29 is 18.0 Å². The van der Waals surface area contributed by atoms with Crippen LogP contribution in [0.5, 0.6) is 0 Å². The summed E-state index contributed by atoms with van der Waals surface area (Å²) in [6, 6.07) is 14.8. The molecule has 6 nitrogen and oxygen atoms in total. The van der Waals surface area contributed by atoms with Crippen molar-refractivity contribution in [3.05, 3.63) is 65.2 Å². The molecule has 2 amide bonds. The van der Waals surface area contributed by atoms with Crippen LogP contribution in [0.4, 0.5) is 0 Å². The third-order valence-electron chi connectivity index (χ3n) is 5.72. The number of amides is 2. The van der Waals surface area contributed by atoms with Gasteiger partial charge in [-0.15, -0.1) is 0 Å². The molecule has 0 spiro atoms. The van der Waals surface area contributed by atoms with Gasteiger partial charge >= 0.3 is 0 Å². The molecule has 0 bridgehead atoms. The lowest BCUT2D eigenvalue weighted by atomic mass is 10.1. The average Bonchev–Trinajstić information content (AvgIpc) is 3.14. The molecule has 1 N–H and O–H groups in total. The molecule has 2 atom stereocenters. The molecule has 2 aromatic carbocycles. The van der Waals surface area contributed by atoms with Crippen molar-refractivity contribution in [2.24, 2.45) is 5.92 Å². The van der Waals surface area contributed by atoms with Gasteiger partial charge in [0.2, 0.25) is 11.8 Å². The fourth-order valence-corrected chi connectivity index (χ4v) is 5.65. The van der Waals surface area contributed by atoms with Crippen LogP contribution in [0.1, 0.15) is 49.9 Å². The monoisotopic (exact) mass is 428 g/mol. The molecular formula is C23H28N2O4S. The van der Waals surface area contributed by atoms with E-state index < -0.39 is 21.8 Å². The van der Waals surface area contributed by atoms with Gasteiger partial charge in [0.05, 0.1) is 16.9 Å². The first-order valence-corrected chi connectivity index (χ1v) is 11.8. The van der Waals surface area contributed by atoms with E-state index in [0.29, 0.717) is 24.0 Å². The zero-order valence-corrected chi connectivity index (χ0v) is 18.4. The number of sulfonamides is 1. The highest BCUT2D eigenvalue weighted by atomic mass is 32.2. The van der Waals surface area contributed by atoms with E-state index in [0.717, 1.165) is 5.56 Å². The Morgan fingerprint density at radius 2 is 1.67 bits per heavy atom. The van der Waals surface area contributed by atoms with Gasteiger partial charge in [-0.25, -0.2) is 13.1 Å². The number of hydrogen-bond donors (Lipinski definition) is 1. The van der Waals surface area contributed by atoms with Crippen LogP contribution in [0, 0.1) is 5.92 Å². The number of benzene rings is 2. The third-order valence-corrected chi connectivity index (χ3v) is 7.25. The van der Waals surface area contributed by atoms with E-state index in [1.807, 2.05) is 57.2 Å². The predicted molar refractivity (Wildman–Crippen MR) is 115 cm³/mol. The lowest BCUT2D eigenvalue weighted by Gasteiger charge is -2.25. The summed E-state index contributed by atoms with van der Waals surface area (Å²) in [4.78, 5) is 27.2. The number of hydrogen-bond acceptors (Lipinski definition) is 4. The fraction of sp³-hybridized carbons (Fsp3) is 0.391. The van der Waals surface area contributed by atoms with Gasteiger partial charge in [0, 0.05) is 13.0 Å². The normalized spacial score (nSPS) is 17.8. The number of carbonyl (C=O) groups excluding carboxylic acids is 2. The van der Waals surface area contributed by atoms with Gasteiger partial charge in [-0.05, 0) is 36.5 Å². The largest absolute Gasteiger partial charge is 0.335 e. The molecule has 3 rings (SSSR count). The van der Waals surface area contributed by atoms with Crippen molar-refractivity contribution in [3.63, 3.8) is 0 Å². The summed E-state index contributed by atoms with van der Waals surface area (Å²) in [5.74, 6) is -1.47. The summed E-state index contributed by atoms with van der Waals surface area (Å²) < 4.78 is 28.3. The zero-order valence-electron chi connectivity index (χ0n) is 17.6. The molecular weight excluding hydrogens is 400 g/mol. The van der Waals surface area contributed by atoms with Crippen LogP contribution in [0.15, 0.2) is 53.4 Å². The number of nitrogens with one attached hydrogen (secondary N) is 1. The number of aryl methyl sites for hydroxylation is 2. The van der Waals surface area contributed by atoms with E-state index in [9.17, 15) is 18.0 Å². The summed E-state index contributed by atoms with van der Waals surface area (Å²) in [5.41, 5.74) is 2.33. The number of nitrogens with zero attached hydrogens (tertiary/aromatic N) is 1. The van der Waals surface area contributed by atoms with Crippen LogP contribution >= 0.6 is 0 Å². The summed E-state index contributed by atoms with van der Waals surface area (Å²) in [6.07, 6.45) is 1.10. The first-order chi connectivity index (χ1) is 14.3. The van der Waals surface area contributed by atoms with Gasteiger partial charge in [-0.1, -0.05) is 62.4 Å². The quantitative estimate of drug-likeness (QED) is 0.734. The second kappa shape index (κ2) is 9.00. The minimum atomic E-state index is -4.02. The van der Waals surface area contributed by atoms with Gasteiger partial charge < -0.3 is 4.90 Å². The van der Waals surface area contributed by atoms with Gasteiger partial charge in [0.25, 0.3) is 10.0 Å². The van der Waals surface area contributed by atoms with E-state index in [1.165, 1.54) is 0 Å². The van der Waals surface area contributed by atoms with Crippen LogP contribution in [0.3, 0.4) is 0 Å². The van der Waals surface area contributed by atoms with Gasteiger partial charge in [0.15, 0.2) is 0 Å². The summed E-state index contributed by atoms with van der Waals surface area (Å²) in [5, 5.41) is 0. The standard InChI is InChI=1S/C23H28N2O4S/c1-4-17-12-9-13-18(5-2)22(17)30(28,29)24-23(27)20-14-21(26)25(15-20)16(3)19-10-7-6-8-11-19/h6-13,16,20H,4-5,14-15H2,1-3H3,(H,24,27). The second-order valence-electron chi connectivity index (χ2n) is 7.62. The number of rotatable bonds is 7. The highest BCUT2D eigenvalue weighted by Crippen LogP contribution is 2.29. The SMILES string of the molecule is CCc1cccc(CC)c1S(=O)(=O)NC(=O)C1CC(=O)N(C(C)c2ccccc2)C1. The van der Waals surface area contributed by atoms with E-state index >= 15 is 0 Å². The predicted octanol–water partition coefficient (Wildman–Crippen LogP) is 3.23. The lowest BCUT2D eigenvalue weighted by molar-refractivity contribution is -0.130. The minimum absolute atomic E-state index is 0.00852. The Labute approximate surface area is 178 Å². The molecule has 1 saturated heterocycles. The first kappa shape index (κ1) is 22.0. The van der Waals surface area contributed by atoms with Crippen molar-refractivity contribution in [1.29, 1.82) is 0 Å². The molecule has 0 radical (unpaired) electrons. The Kier molecular flexibility index (Phi) is 6.61. The Balaban J connectivity index is 1.78. The molecule has 160 valence electrons. The summed E-state index contributed by atoms with van der Waals surface area (Å²) >= 11 is 0. The summed E-state index contributed by atoms with van der Waals surface area (Å²) in [6.45, 7) is 5.88. The fourth-order valence-electron chi connectivity index (χ4n) is 4.00. The second-order valence-corrected chi connectivity index (χ2v) is 9.24. The molecule has 0 aromatic heterocycles. The van der Waals surface area contributed by atoms with Crippen LogP contribution < -0.4 is 4.72 Å². The van der Waals surface area contributed by atoms with E-state index in [1.54, 1.807) is 17.0 Å². The van der Waals surface area contributed by atoms with Crippen molar-refractivity contribution in [1.82, 2.24) is 9.62 Å². The third kappa shape index (κ3) is 4.41. The molecule has 7 heteroatoms. The van der Waals surface area contributed by atoms with E-state index in [4.69, 9.17) is 0 Å². The molecule has 0 aliphatic carbocycles. The topological polar surface area (TPSA) is 83.5 Å². The molecule has 1 aliphatic heterocycles. The molecule has 0 saturated carbocycles. The first-order valence-electron chi connectivity index (χ1n) is 10.3. The smallest absolute Gasteiger partial charge is 0.264 e. The highest BCUT2D eigenvalue weighted by Gasteiger charge is 2.38. The van der Waals surface area contributed by atoms with Crippen molar-refractivity contribution >= 4 is 21.8 Å². The Hall–Kier alpha value is -2.67. The van der Waals surface area contributed by atoms with Gasteiger partial charge in [-0.3, -0.25) is 9.59 Å². The van der Waals surface area contributed by atoms with Gasteiger partial charge in [-0.2, -0.15) is 0 Å². The minimum Gasteiger partial charge on any atom is -0.335 e. The maximum atomic E-state index is 13.0. The molecule has 2 aromatic rings. The number of likely N-dealkylation sites (tertiary alicyclic amines) is 1. The van der Waals surface area contributed by atoms with E-state index in [2.05, 4.69) is 4.72 Å². The number of carbonyl (C=O) groups is 2. The van der Waals surface area contributed by atoms with Crippen molar-refractivity contribution in [2.45, 2.75) is 51.0 Å². The highest BCUT2D eigenvalue weighted by molar-refractivity contribution is 7.90. The van der Waals surface area contributed by atoms with Crippen molar-refractivity contribution in [2.75, 3.05) is 6.54 Å². The Morgan fingerprint density at radius 1 is 1.07 bits per heavy atom. The van der Waals surface area contributed by atoms with Gasteiger partial charge in [0.1, 0.15) is 0 Å². The van der Waals surface area contributed by atoms with E-state index in [-0.39, 0.29) is 29.8 Å². The Morgan fingerprint density at radius 3 is 2.23 bits per heavy atom. The molecule has 2 unspecified atom stereocenters. The molecule has 1 fully saturated rings. The van der Waals surface area contributed by atoms with Crippen LogP contribution in [-0.2, 0) is 32.5 Å². The van der Waals surface area contributed by atoms with Crippen LogP contribution in [0.25, 0.3) is 0 Å². The van der Waals surface area contributed by atoms with Crippen molar-refractivity contribution in [3.8, 4) is 0 Å². The lowest BCUT2D eigenvalue weighted by Crippen LogP contribution is -2.38. The summed E-state index contributed by atoms with van der Waals surface area (Å²) in [7, 11) is -4.02.